The zero-order valence-electron chi connectivity index (χ0n) is 8.70. The minimum absolute atomic E-state index is 0.784. The quantitative estimate of drug-likeness (QED) is 0.720. The lowest BCUT2D eigenvalue weighted by atomic mass is 10.5. The molecule has 1 N–H and O–H groups in total. The van der Waals surface area contributed by atoms with Crippen molar-refractivity contribution >= 4 is 5.95 Å². The molecule has 0 unspecified atom stereocenters. The Balaban J connectivity index is 2.44. The van der Waals surface area contributed by atoms with Crippen molar-refractivity contribution in [3.8, 4) is 0 Å². The zero-order chi connectivity index (χ0) is 9.84. The van der Waals surface area contributed by atoms with Gasteiger partial charge in [-0.15, -0.1) is 0 Å². The Morgan fingerprint density at radius 2 is 1.92 bits per heavy atom. The molecule has 74 valence electrons. The summed E-state index contributed by atoms with van der Waals surface area (Å²) in [6.45, 7) is 3.83. The number of aryl methyl sites for hydroxylation is 1. The molecule has 0 saturated heterocycles. The average Bonchev–Trinajstić information content (AvgIpc) is 2.47. The van der Waals surface area contributed by atoms with Gasteiger partial charge in [-0.1, -0.05) is 0 Å². The monoisotopic (exact) mass is 183 g/mol. The fraction of sp³-hybridized carbons (Fsp3) is 0.750. The lowest BCUT2D eigenvalue weighted by Gasteiger charge is -2.17. The van der Waals surface area contributed by atoms with Crippen LogP contribution in [-0.2, 0) is 0 Å². The van der Waals surface area contributed by atoms with Crippen LogP contribution in [0.1, 0.15) is 5.82 Å². The molecule has 0 aliphatic carbocycles. The highest BCUT2D eigenvalue weighted by molar-refractivity contribution is 5.26. The number of hydrogen-bond acceptors (Lipinski definition) is 4. The molecule has 13 heavy (non-hydrogen) atoms. The van der Waals surface area contributed by atoms with Crippen LogP contribution in [0.4, 0.5) is 5.95 Å². The van der Waals surface area contributed by atoms with E-state index in [1.165, 1.54) is 0 Å². The Morgan fingerprint density at radius 1 is 1.23 bits per heavy atom. The molecule has 0 atom stereocenters. The molecule has 1 heterocycles. The maximum Gasteiger partial charge on any atom is 0.221 e. The van der Waals surface area contributed by atoms with E-state index in [-0.39, 0.29) is 0 Å². The predicted octanol–water partition coefficient (Wildman–Crippen LogP) is 0.111. The van der Waals surface area contributed by atoms with Crippen molar-refractivity contribution in [3.05, 3.63) is 5.82 Å². The van der Waals surface area contributed by atoms with Crippen molar-refractivity contribution in [2.75, 3.05) is 39.1 Å². The second-order valence-corrected chi connectivity index (χ2v) is 3.43. The molecule has 0 radical (unpaired) electrons. The Labute approximate surface area is 78.8 Å². The van der Waals surface area contributed by atoms with E-state index in [1.807, 2.05) is 14.0 Å². The first-order chi connectivity index (χ1) is 6.09. The third-order valence-electron chi connectivity index (χ3n) is 1.83. The summed E-state index contributed by atoms with van der Waals surface area (Å²) in [6, 6.07) is 0. The Kier molecular flexibility index (Phi) is 3.25. The number of hydrogen-bond donors (Lipinski definition) is 1. The Hall–Kier alpha value is -1.10. The normalized spacial score (nSPS) is 10.8. The van der Waals surface area contributed by atoms with Crippen LogP contribution in [-0.4, -0.2) is 54.3 Å². The third-order valence-corrected chi connectivity index (χ3v) is 1.83. The van der Waals surface area contributed by atoms with Gasteiger partial charge in [-0.25, -0.2) is 5.10 Å². The average molecular weight is 183 g/mol. The van der Waals surface area contributed by atoms with E-state index in [4.69, 9.17) is 0 Å². The summed E-state index contributed by atoms with van der Waals surface area (Å²) in [5.74, 6) is 1.62. The molecule has 0 aliphatic heterocycles. The molecule has 0 bridgehead atoms. The second-order valence-electron chi connectivity index (χ2n) is 3.43. The predicted molar refractivity (Wildman–Crippen MR) is 52.9 cm³/mol. The number of rotatable bonds is 4. The van der Waals surface area contributed by atoms with Gasteiger partial charge >= 0.3 is 0 Å². The lowest BCUT2D eigenvalue weighted by Crippen LogP contribution is -2.29. The minimum Gasteiger partial charge on any atom is -0.343 e. The first kappa shape index (κ1) is 9.98. The number of likely N-dealkylation sites (N-methyl/N-ethyl adjacent to an activating group) is 2. The van der Waals surface area contributed by atoms with Gasteiger partial charge in [0.25, 0.3) is 0 Å². The smallest absolute Gasteiger partial charge is 0.221 e. The van der Waals surface area contributed by atoms with Gasteiger partial charge < -0.3 is 9.80 Å². The summed E-state index contributed by atoms with van der Waals surface area (Å²) < 4.78 is 0. The molecule has 0 spiro atoms. The number of H-pyrrole nitrogens is 1. The molecule has 0 aliphatic rings. The maximum atomic E-state index is 4.23. The van der Waals surface area contributed by atoms with Crippen LogP contribution >= 0.6 is 0 Å². The largest absolute Gasteiger partial charge is 0.343 e. The van der Waals surface area contributed by atoms with Crippen molar-refractivity contribution in [2.45, 2.75) is 6.92 Å². The highest BCUT2D eigenvalue weighted by Gasteiger charge is 2.04. The maximum absolute atomic E-state index is 4.23. The molecule has 1 rings (SSSR count). The van der Waals surface area contributed by atoms with E-state index in [0.29, 0.717) is 0 Å². The highest BCUT2D eigenvalue weighted by atomic mass is 15.3. The van der Waals surface area contributed by atoms with Gasteiger partial charge in [0.1, 0.15) is 5.82 Å². The third kappa shape index (κ3) is 3.02. The number of aromatic nitrogens is 3. The van der Waals surface area contributed by atoms with Gasteiger partial charge in [0.2, 0.25) is 5.95 Å². The standard InChI is InChI=1S/C8H17N5/c1-7-9-8(11-10-7)13(4)6-5-12(2)3/h5-6H2,1-4H3,(H,9,10,11). The summed E-state index contributed by atoms with van der Waals surface area (Å²) in [7, 11) is 6.11. The van der Waals surface area contributed by atoms with Crippen molar-refractivity contribution in [1.82, 2.24) is 20.1 Å². The molecule has 5 heteroatoms. The van der Waals surface area contributed by atoms with Crippen LogP contribution in [0, 0.1) is 6.92 Å². The molecule has 5 nitrogen and oxygen atoms in total. The van der Waals surface area contributed by atoms with Gasteiger partial charge in [-0.3, -0.25) is 0 Å². The summed E-state index contributed by atoms with van der Waals surface area (Å²) in [6.07, 6.45) is 0. The molecule has 0 saturated carbocycles. The highest BCUT2D eigenvalue weighted by Crippen LogP contribution is 2.02. The Bertz CT molecular complexity index is 255. The molecule has 0 aromatic carbocycles. The van der Waals surface area contributed by atoms with E-state index >= 15 is 0 Å². The van der Waals surface area contributed by atoms with Gasteiger partial charge in [0, 0.05) is 20.1 Å². The summed E-state index contributed by atoms with van der Waals surface area (Å²) >= 11 is 0. The van der Waals surface area contributed by atoms with Crippen LogP contribution in [0.3, 0.4) is 0 Å². The van der Waals surface area contributed by atoms with Crippen molar-refractivity contribution < 1.29 is 0 Å². The van der Waals surface area contributed by atoms with Crippen LogP contribution < -0.4 is 4.90 Å². The van der Waals surface area contributed by atoms with Gasteiger partial charge in [-0.05, 0) is 21.0 Å². The summed E-state index contributed by atoms with van der Waals surface area (Å²) in [5, 5.41) is 6.85. The molecular weight excluding hydrogens is 166 g/mol. The summed E-state index contributed by atoms with van der Waals surface area (Å²) in [5.41, 5.74) is 0. The van der Waals surface area contributed by atoms with E-state index in [9.17, 15) is 0 Å². The topological polar surface area (TPSA) is 48.1 Å². The first-order valence-corrected chi connectivity index (χ1v) is 4.34. The fourth-order valence-electron chi connectivity index (χ4n) is 0.961. The molecule has 1 aromatic heterocycles. The SMILES string of the molecule is Cc1n[nH]c(N(C)CCN(C)C)n1. The number of nitrogens with one attached hydrogen (secondary N) is 1. The number of nitrogens with zero attached hydrogens (tertiary/aromatic N) is 4. The van der Waals surface area contributed by atoms with E-state index in [0.717, 1.165) is 24.9 Å². The van der Waals surface area contributed by atoms with Crippen molar-refractivity contribution in [2.24, 2.45) is 0 Å². The fourth-order valence-corrected chi connectivity index (χ4v) is 0.961. The Morgan fingerprint density at radius 3 is 2.38 bits per heavy atom. The molecule has 0 fully saturated rings. The van der Waals surface area contributed by atoms with Crippen LogP contribution in [0.2, 0.25) is 0 Å². The summed E-state index contributed by atoms with van der Waals surface area (Å²) in [4.78, 5) is 8.42. The lowest BCUT2D eigenvalue weighted by molar-refractivity contribution is 0.415. The van der Waals surface area contributed by atoms with Gasteiger partial charge in [-0.2, -0.15) is 10.1 Å². The zero-order valence-corrected chi connectivity index (χ0v) is 8.70. The number of aromatic amines is 1. The van der Waals surface area contributed by atoms with Crippen LogP contribution in [0.5, 0.6) is 0 Å². The van der Waals surface area contributed by atoms with Gasteiger partial charge in [0.15, 0.2) is 0 Å². The van der Waals surface area contributed by atoms with Crippen molar-refractivity contribution in [1.29, 1.82) is 0 Å². The van der Waals surface area contributed by atoms with Crippen LogP contribution in [0.15, 0.2) is 0 Å². The van der Waals surface area contributed by atoms with E-state index < -0.39 is 0 Å². The van der Waals surface area contributed by atoms with Crippen molar-refractivity contribution in [3.63, 3.8) is 0 Å². The molecular formula is C8H17N5. The second kappa shape index (κ2) is 4.23. The number of anilines is 1. The van der Waals surface area contributed by atoms with E-state index in [2.05, 4.69) is 39.1 Å². The minimum atomic E-state index is 0.784. The molecule has 0 amide bonds. The van der Waals surface area contributed by atoms with Crippen LogP contribution in [0.25, 0.3) is 0 Å². The first-order valence-electron chi connectivity index (χ1n) is 4.34. The van der Waals surface area contributed by atoms with E-state index in [1.54, 1.807) is 0 Å². The molecule has 1 aromatic rings. The van der Waals surface area contributed by atoms with Gasteiger partial charge in [0.05, 0.1) is 0 Å².